The van der Waals surface area contributed by atoms with Crippen molar-refractivity contribution in [2.45, 2.75) is 6.18 Å². The van der Waals surface area contributed by atoms with Crippen LogP contribution in [0.3, 0.4) is 0 Å². The van der Waals surface area contributed by atoms with Crippen molar-refractivity contribution in [1.82, 2.24) is 0 Å². The molecule has 3 rings (SSSR count). The van der Waals surface area contributed by atoms with Crippen molar-refractivity contribution < 1.29 is 22.8 Å². The lowest BCUT2D eigenvalue weighted by Gasteiger charge is -2.25. The largest absolute Gasteiger partial charge is 0.426 e. The van der Waals surface area contributed by atoms with Crippen LogP contribution in [0.2, 0.25) is 0 Å². The van der Waals surface area contributed by atoms with Gasteiger partial charge in [0, 0.05) is 10.9 Å². The second-order valence-electron chi connectivity index (χ2n) is 4.80. The van der Waals surface area contributed by atoms with Gasteiger partial charge in [-0.25, -0.2) is 4.90 Å². The van der Waals surface area contributed by atoms with Gasteiger partial charge in [-0.15, -0.1) is 23.1 Å². The Morgan fingerprint density at radius 1 is 1.00 bits per heavy atom. The molecule has 1 aliphatic rings. The molecule has 0 radical (unpaired) electrons. The standard InChI is InChI=1S/C15H10F3NO2S2/c16-15(17,18)14-13(9-4-2-1-3-5-9)10(6-23-14)19-11(20)7-22-8-12(19)21/h1-6H,7-8H2. The molecule has 1 aromatic heterocycles. The highest BCUT2D eigenvalue weighted by atomic mass is 32.2. The average Bonchev–Trinajstić information content (AvgIpc) is 2.93. The molecular formula is C15H10F3NO2S2. The number of hydrogen-bond donors (Lipinski definition) is 0. The average molecular weight is 357 g/mol. The number of amides is 2. The molecule has 8 heteroatoms. The summed E-state index contributed by atoms with van der Waals surface area (Å²) in [5, 5.41) is 1.23. The van der Waals surface area contributed by atoms with Gasteiger partial charge in [0.05, 0.1) is 17.2 Å². The monoisotopic (exact) mass is 357 g/mol. The molecule has 1 saturated heterocycles. The number of rotatable bonds is 2. The maximum Gasteiger partial charge on any atom is 0.426 e. The molecule has 3 nitrogen and oxygen atoms in total. The fourth-order valence-electron chi connectivity index (χ4n) is 2.37. The Balaban J connectivity index is 2.20. The Morgan fingerprint density at radius 2 is 1.61 bits per heavy atom. The molecule has 1 fully saturated rings. The summed E-state index contributed by atoms with van der Waals surface area (Å²) in [6.07, 6.45) is -4.55. The van der Waals surface area contributed by atoms with Crippen LogP contribution in [0, 0.1) is 0 Å². The van der Waals surface area contributed by atoms with Crippen LogP contribution < -0.4 is 4.90 Å². The van der Waals surface area contributed by atoms with Gasteiger partial charge in [0.15, 0.2) is 0 Å². The number of hydrogen-bond acceptors (Lipinski definition) is 4. The van der Waals surface area contributed by atoms with E-state index in [0.717, 1.165) is 16.7 Å². The Morgan fingerprint density at radius 3 is 2.17 bits per heavy atom. The number of carbonyl (C=O) groups is 2. The molecule has 0 unspecified atom stereocenters. The zero-order valence-electron chi connectivity index (χ0n) is 11.6. The van der Waals surface area contributed by atoms with Gasteiger partial charge in [-0.05, 0) is 5.56 Å². The second-order valence-corrected chi connectivity index (χ2v) is 6.67. The summed E-state index contributed by atoms with van der Waals surface area (Å²) in [7, 11) is 0. The third-order valence-electron chi connectivity index (χ3n) is 3.28. The summed E-state index contributed by atoms with van der Waals surface area (Å²) in [6, 6.07) is 8.00. The van der Waals surface area contributed by atoms with Crippen molar-refractivity contribution in [3.05, 3.63) is 40.6 Å². The zero-order chi connectivity index (χ0) is 16.6. The zero-order valence-corrected chi connectivity index (χ0v) is 13.2. The highest BCUT2D eigenvalue weighted by Gasteiger charge is 2.40. The minimum atomic E-state index is -4.55. The first-order valence-electron chi connectivity index (χ1n) is 6.57. The lowest BCUT2D eigenvalue weighted by atomic mass is 10.0. The van der Waals surface area contributed by atoms with Crippen LogP contribution in [-0.2, 0) is 15.8 Å². The quantitative estimate of drug-likeness (QED) is 0.762. The first-order valence-corrected chi connectivity index (χ1v) is 8.60. The summed E-state index contributed by atoms with van der Waals surface area (Å²) in [6.45, 7) is 0. The van der Waals surface area contributed by atoms with Crippen molar-refractivity contribution in [2.75, 3.05) is 16.4 Å². The van der Waals surface area contributed by atoms with Gasteiger partial charge in [-0.3, -0.25) is 9.59 Å². The molecule has 0 atom stereocenters. The summed E-state index contributed by atoms with van der Waals surface area (Å²) in [5.74, 6) is -0.821. The third-order valence-corrected chi connectivity index (χ3v) is 5.20. The lowest BCUT2D eigenvalue weighted by Crippen LogP contribution is -2.43. The van der Waals surface area contributed by atoms with E-state index in [1.54, 1.807) is 18.2 Å². The van der Waals surface area contributed by atoms with Crippen LogP contribution in [0.4, 0.5) is 18.9 Å². The van der Waals surface area contributed by atoms with E-state index < -0.39 is 22.9 Å². The number of carbonyl (C=O) groups excluding carboxylic acids is 2. The van der Waals surface area contributed by atoms with Crippen LogP contribution in [0.1, 0.15) is 4.88 Å². The second kappa shape index (κ2) is 6.01. The van der Waals surface area contributed by atoms with E-state index in [4.69, 9.17) is 0 Å². The fraction of sp³-hybridized carbons (Fsp3) is 0.200. The van der Waals surface area contributed by atoms with Crippen LogP contribution in [0.15, 0.2) is 35.7 Å². The number of imide groups is 1. The van der Waals surface area contributed by atoms with Crippen molar-refractivity contribution in [3.63, 3.8) is 0 Å². The van der Waals surface area contributed by atoms with Gasteiger partial charge in [0.2, 0.25) is 11.8 Å². The van der Waals surface area contributed by atoms with E-state index in [0.29, 0.717) is 16.9 Å². The maximum absolute atomic E-state index is 13.3. The highest BCUT2D eigenvalue weighted by Crippen LogP contribution is 2.47. The van der Waals surface area contributed by atoms with E-state index in [-0.39, 0.29) is 22.8 Å². The van der Waals surface area contributed by atoms with Crippen LogP contribution >= 0.6 is 23.1 Å². The molecular weight excluding hydrogens is 347 g/mol. The number of thiophene rings is 1. The number of anilines is 1. The summed E-state index contributed by atoms with van der Waals surface area (Å²) in [5.41, 5.74) is 0.232. The molecule has 120 valence electrons. The molecule has 2 amide bonds. The minimum Gasteiger partial charge on any atom is -0.273 e. The van der Waals surface area contributed by atoms with Crippen molar-refractivity contribution in [1.29, 1.82) is 0 Å². The number of halogens is 3. The van der Waals surface area contributed by atoms with Gasteiger partial charge in [0.25, 0.3) is 0 Å². The van der Waals surface area contributed by atoms with E-state index in [1.807, 2.05) is 0 Å². The third kappa shape index (κ3) is 3.00. The topological polar surface area (TPSA) is 37.4 Å². The molecule has 0 saturated carbocycles. The Bertz CT molecular complexity index is 740. The number of nitrogens with zero attached hydrogens (tertiary/aromatic N) is 1. The SMILES string of the molecule is O=C1CSCC(=O)N1c1csc(C(F)(F)F)c1-c1ccccc1. The molecule has 0 spiro atoms. The predicted molar refractivity (Wildman–Crippen MR) is 84.6 cm³/mol. The first kappa shape index (κ1) is 16.1. The molecule has 23 heavy (non-hydrogen) atoms. The molecule has 0 N–H and O–H groups in total. The maximum atomic E-state index is 13.3. The predicted octanol–water partition coefficient (Wildman–Crippen LogP) is 4.04. The van der Waals surface area contributed by atoms with Crippen LogP contribution in [-0.4, -0.2) is 23.3 Å². The lowest BCUT2D eigenvalue weighted by molar-refractivity contribution is -0.134. The van der Waals surface area contributed by atoms with Crippen molar-refractivity contribution in [2.24, 2.45) is 0 Å². The highest BCUT2D eigenvalue weighted by molar-refractivity contribution is 8.00. The number of benzene rings is 1. The molecule has 1 aromatic carbocycles. The summed E-state index contributed by atoms with van der Waals surface area (Å²) < 4.78 is 40.0. The van der Waals surface area contributed by atoms with E-state index >= 15 is 0 Å². The normalized spacial score (nSPS) is 16.0. The smallest absolute Gasteiger partial charge is 0.273 e. The van der Waals surface area contributed by atoms with Crippen LogP contribution in [0.5, 0.6) is 0 Å². The Labute approximate surface area is 138 Å². The van der Waals surface area contributed by atoms with Gasteiger partial charge in [-0.2, -0.15) is 13.2 Å². The van der Waals surface area contributed by atoms with Gasteiger partial charge in [0.1, 0.15) is 4.88 Å². The first-order chi connectivity index (χ1) is 10.9. The molecule has 1 aliphatic heterocycles. The minimum absolute atomic E-state index is 0.0174. The fourth-order valence-corrected chi connectivity index (χ4v) is 4.00. The van der Waals surface area contributed by atoms with E-state index in [1.165, 1.54) is 17.5 Å². The molecule has 2 heterocycles. The van der Waals surface area contributed by atoms with Crippen molar-refractivity contribution >= 4 is 40.6 Å². The van der Waals surface area contributed by atoms with Gasteiger partial charge in [-0.1, -0.05) is 30.3 Å². The Kier molecular flexibility index (Phi) is 4.20. The van der Waals surface area contributed by atoms with E-state index in [9.17, 15) is 22.8 Å². The van der Waals surface area contributed by atoms with Gasteiger partial charge < -0.3 is 0 Å². The summed E-state index contributed by atoms with van der Waals surface area (Å²) >= 11 is 1.66. The van der Waals surface area contributed by atoms with E-state index in [2.05, 4.69) is 0 Å². The van der Waals surface area contributed by atoms with Crippen molar-refractivity contribution in [3.8, 4) is 11.1 Å². The Hall–Kier alpha value is -1.80. The number of alkyl halides is 3. The van der Waals surface area contributed by atoms with Gasteiger partial charge >= 0.3 is 6.18 Å². The number of thioether (sulfide) groups is 1. The van der Waals surface area contributed by atoms with Crippen LogP contribution in [0.25, 0.3) is 11.1 Å². The molecule has 2 aromatic rings. The molecule has 0 aliphatic carbocycles. The molecule has 0 bridgehead atoms. The summed E-state index contributed by atoms with van der Waals surface area (Å²) in [4.78, 5) is 24.2.